The highest BCUT2D eigenvalue weighted by Gasteiger charge is 2.20. The number of carbonyl (C=O) groups excluding carboxylic acids is 2. The average molecular weight is 331 g/mol. The van der Waals surface area contributed by atoms with Crippen molar-refractivity contribution in [2.24, 2.45) is 0 Å². The Bertz CT molecular complexity index is 567. The molecular weight excluding hydrogens is 302 g/mol. The summed E-state index contributed by atoms with van der Waals surface area (Å²) in [5.74, 6) is -0.401. The molecule has 0 bridgehead atoms. The molecule has 1 fully saturated rings. The van der Waals surface area contributed by atoms with Crippen LogP contribution in [0.1, 0.15) is 37.7 Å². The van der Waals surface area contributed by atoms with E-state index in [1.54, 1.807) is 11.9 Å². The van der Waals surface area contributed by atoms with E-state index in [1.165, 1.54) is 25.7 Å². The first-order valence-corrected chi connectivity index (χ1v) is 8.76. The van der Waals surface area contributed by atoms with E-state index in [4.69, 9.17) is 0 Å². The Balaban J connectivity index is 1.73. The fraction of sp³-hybridized carbons (Fsp3) is 0.579. The molecule has 2 amide bonds. The Labute approximate surface area is 145 Å². The number of nitrogens with one attached hydrogen (secondary N) is 1. The minimum absolute atomic E-state index is 0.114. The zero-order valence-corrected chi connectivity index (χ0v) is 15.0. The van der Waals surface area contributed by atoms with E-state index >= 15 is 0 Å². The third-order valence-electron chi connectivity index (χ3n) is 4.78. The van der Waals surface area contributed by atoms with Gasteiger partial charge >= 0.3 is 0 Å². The summed E-state index contributed by atoms with van der Waals surface area (Å²) in [6, 6.07) is 8.23. The summed E-state index contributed by atoms with van der Waals surface area (Å²) in [5.41, 5.74) is 1.81. The number of carbonyl (C=O) groups is 2. The summed E-state index contributed by atoms with van der Waals surface area (Å²) in [6.45, 7) is 3.48. The summed E-state index contributed by atoms with van der Waals surface area (Å²) in [4.78, 5) is 28.2. The topological polar surface area (TPSA) is 52.7 Å². The number of aryl methyl sites for hydroxylation is 1. The SMILES string of the molecule is Cc1cccc(NC(=O)CC(=O)N(C)CCN(C)C2CCCC2)c1. The molecule has 5 nitrogen and oxygen atoms in total. The molecule has 1 aliphatic rings. The smallest absolute Gasteiger partial charge is 0.233 e. The van der Waals surface area contributed by atoms with Gasteiger partial charge in [0.2, 0.25) is 11.8 Å². The van der Waals surface area contributed by atoms with Crippen molar-refractivity contribution < 1.29 is 9.59 Å². The van der Waals surface area contributed by atoms with Gasteiger partial charge in [0, 0.05) is 31.9 Å². The molecule has 1 aromatic carbocycles. The second-order valence-electron chi connectivity index (χ2n) is 6.83. The second kappa shape index (κ2) is 8.83. The Morgan fingerprint density at radius 1 is 1.17 bits per heavy atom. The largest absolute Gasteiger partial charge is 0.344 e. The quantitative estimate of drug-likeness (QED) is 0.782. The summed E-state index contributed by atoms with van der Waals surface area (Å²) in [7, 11) is 3.89. The van der Waals surface area contributed by atoms with E-state index in [0.29, 0.717) is 12.6 Å². The molecule has 5 heteroatoms. The first kappa shape index (κ1) is 18.5. The van der Waals surface area contributed by atoms with Crippen LogP contribution in [0.4, 0.5) is 5.69 Å². The third kappa shape index (κ3) is 5.64. The van der Waals surface area contributed by atoms with Gasteiger partial charge in [-0.2, -0.15) is 0 Å². The molecule has 0 radical (unpaired) electrons. The van der Waals surface area contributed by atoms with Crippen molar-refractivity contribution >= 4 is 17.5 Å². The lowest BCUT2D eigenvalue weighted by Gasteiger charge is -2.26. The predicted molar refractivity (Wildman–Crippen MR) is 96.9 cm³/mol. The molecule has 0 heterocycles. The molecule has 2 rings (SSSR count). The summed E-state index contributed by atoms with van der Waals surface area (Å²) in [6.07, 6.45) is 5.02. The predicted octanol–water partition coefficient (Wildman–Crippen LogP) is 2.66. The number of hydrogen-bond acceptors (Lipinski definition) is 3. The lowest BCUT2D eigenvalue weighted by Crippen LogP contribution is -2.39. The van der Waals surface area contributed by atoms with Gasteiger partial charge in [-0.1, -0.05) is 25.0 Å². The molecule has 0 atom stereocenters. The maximum atomic E-state index is 12.2. The van der Waals surface area contributed by atoms with E-state index in [2.05, 4.69) is 17.3 Å². The van der Waals surface area contributed by atoms with Crippen LogP contribution >= 0.6 is 0 Å². The third-order valence-corrected chi connectivity index (χ3v) is 4.78. The number of nitrogens with zero attached hydrogens (tertiary/aromatic N) is 2. The molecule has 1 saturated carbocycles. The Hall–Kier alpha value is -1.88. The molecule has 0 aliphatic heterocycles. The number of rotatable bonds is 7. The van der Waals surface area contributed by atoms with Crippen LogP contribution in [0.5, 0.6) is 0 Å². The highest BCUT2D eigenvalue weighted by Crippen LogP contribution is 2.22. The van der Waals surface area contributed by atoms with E-state index in [1.807, 2.05) is 31.2 Å². The number of hydrogen-bond donors (Lipinski definition) is 1. The van der Waals surface area contributed by atoms with Crippen molar-refractivity contribution in [1.82, 2.24) is 9.80 Å². The normalized spacial score (nSPS) is 14.8. The molecule has 0 saturated heterocycles. The van der Waals surface area contributed by atoms with Crippen LogP contribution in [-0.2, 0) is 9.59 Å². The number of amides is 2. The van der Waals surface area contributed by atoms with Crippen LogP contribution in [0, 0.1) is 6.92 Å². The zero-order valence-electron chi connectivity index (χ0n) is 15.0. The van der Waals surface area contributed by atoms with Gasteiger partial charge in [0.1, 0.15) is 6.42 Å². The number of anilines is 1. The van der Waals surface area contributed by atoms with Crippen molar-refractivity contribution in [2.45, 2.75) is 45.1 Å². The van der Waals surface area contributed by atoms with Gasteiger partial charge in [-0.3, -0.25) is 9.59 Å². The molecule has 0 unspecified atom stereocenters. The van der Waals surface area contributed by atoms with Gasteiger partial charge in [0.05, 0.1) is 0 Å². The fourth-order valence-electron chi connectivity index (χ4n) is 3.16. The molecular formula is C19H29N3O2. The van der Waals surface area contributed by atoms with Gasteiger partial charge in [-0.25, -0.2) is 0 Å². The van der Waals surface area contributed by atoms with Crippen molar-refractivity contribution in [3.63, 3.8) is 0 Å². The van der Waals surface area contributed by atoms with Crippen LogP contribution in [0.2, 0.25) is 0 Å². The second-order valence-corrected chi connectivity index (χ2v) is 6.83. The van der Waals surface area contributed by atoms with Gasteiger partial charge in [-0.15, -0.1) is 0 Å². The van der Waals surface area contributed by atoms with Crippen molar-refractivity contribution in [3.05, 3.63) is 29.8 Å². The summed E-state index contributed by atoms with van der Waals surface area (Å²) < 4.78 is 0. The molecule has 1 aromatic rings. The lowest BCUT2D eigenvalue weighted by molar-refractivity contribution is -0.133. The minimum atomic E-state index is -0.262. The molecule has 132 valence electrons. The Morgan fingerprint density at radius 2 is 1.88 bits per heavy atom. The fourth-order valence-corrected chi connectivity index (χ4v) is 3.16. The van der Waals surface area contributed by atoms with Crippen molar-refractivity contribution in [2.75, 3.05) is 32.5 Å². The van der Waals surface area contributed by atoms with E-state index in [0.717, 1.165) is 17.8 Å². The average Bonchev–Trinajstić information content (AvgIpc) is 3.06. The van der Waals surface area contributed by atoms with Crippen LogP contribution in [0.3, 0.4) is 0 Å². The van der Waals surface area contributed by atoms with Gasteiger partial charge in [0.15, 0.2) is 0 Å². The first-order chi connectivity index (χ1) is 11.5. The molecule has 1 N–H and O–H groups in total. The van der Waals surface area contributed by atoms with E-state index < -0.39 is 0 Å². The highest BCUT2D eigenvalue weighted by atomic mass is 16.2. The molecule has 1 aliphatic carbocycles. The number of likely N-dealkylation sites (N-methyl/N-ethyl adjacent to an activating group) is 2. The number of benzene rings is 1. The first-order valence-electron chi connectivity index (χ1n) is 8.76. The van der Waals surface area contributed by atoms with E-state index in [9.17, 15) is 9.59 Å². The standard InChI is InChI=1S/C19H29N3O2/c1-15-7-6-8-16(13-15)20-18(23)14-19(24)22(3)12-11-21(2)17-9-4-5-10-17/h6-8,13,17H,4-5,9-12,14H2,1-3H3,(H,20,23). The Morgan fingerprint density at radius 3 is 2.54 bits per heavy atom. The molecule has 24 heavy (non-hydrogen) atoms. The lowest BCUT2D eigenvalue weighted by atomic mass is 10.2. The monoisotopic (exact) mass is 331 g/mol. The maximum Gasteiger partial charge on any atom is 0.233 e. The van der Waals surface area contributed by atoms with Gasteiger partial charge in [-0.05, 0) is 44.5 Å². The highest BCUT2D eigenvalue weighted by molar-refractivity contribution is 6.03. The summed E-state index contributed by atoms with van der Waals surface area (Å²) in [5, 5.41) is 2.78. The molecule has 0 aromatic heterocycles. The van der Waals surface area contributed by atoms with Gasteiger partial charge < -0.3 is 15.1 Å². The molecule has 0 spiro atoms. The maximum absolute atomic E-state index is 12.2. The van der Waals surface area contributed by atoms with Crippen molar-refractivity contribution in [1.29, 1.82) is 0 Å². The van der Waals surface area contributed by atoms with Gasteiger partial charge in [0.25, 0.3) is 0 Å². The minimum Gasteiger partial charge on any atom is -0.344 e. The van der Waals surface area contributed by atoms with E-state index in [-0.39, 0.29) is 18.2 Å². The van der Waals surface area contributed by atoms with Crippen molar-refractivity contribution in [3.8, 4) is 0 Å². The Kier molecular flexibility index (Phi) is 6.79. The zero-order chi connectivity index (χ0) is 17.5. The van der Waals surface area contributed by atoms with Crippen LogP contribution < -0.4 is 5.32 Å². The van der Waals surface area contributed by atoms with Crippen LogP contribution in [-0.4, -0.2) is 54.8 Å². The summed E-state index contributed by atoms with van der Waals surface area (Å²) >= 11 is 0. The van der Waals surface area contributed by atoms with Crippen LogP contribution in [0.15, 0.2) is 24.3 Å². The van der Waals surface area contributed by atoms with Crippen LogP contribution in [0.25, 0.3) is 0 Å².